The number of rotatable bonds is 6. The maximum absolute atomic E-state index is 9.74. The Morgan fingerprint density at radius 3 is 2.64 bits per heavy atom. The van der Waals surface area contributed by atoms with Gasteiger partial charge in [-0.15, -0.1) is 0 Å². The minimum atomic E-state index is -0.608. The second-order valence-electron chi connectivity index (χ2n) is 4.79. The Hall–Kier alpha value is -0.590. The number of nitriles is 1. The Labute approximate surface area is 86.1 Å². The predicted octanol–water partition coefficient (Wildman–Crippen LogP) is 1.43. The molecule has 1 rings (SSSR count). The van der Waals surface area contributed by atoms with Gasteiger partial charge in [0.25, 0.3) is 0 Å². The van der Waals surface area contributed by atoms with Crippen LogP contribution in [0, 0.1) is 16.7 Å². The summed E-state index contributed by atoms with van der Waals surface area (Å²) < 4.78 is 0. The third kappa shape index (κ3) is 3.28. The zero-order valence-electron chi connectivity index (χ0n) is 9.14. The number of nitrogens with zero attached hydrogens (tertiary/aromatic N) is 1. The summed E-state index contributed by atoms with van der Waals surface area (Å²) in [7, 11) is 0. The monoisotopic (exact) mass is 196 g/mol. The number of hydrogen-bond donors (Lipinski definition) is 2. The van der Waals surface area contributed by atoms with Gasteiger partial charge in [-0.25, -0.2) is 0 Å². The molecule has 1 fully saturated rings. The Morgan fingerprint density at radius 2 is 2.21 bits per heavy atom. The van der Waals surface area contributed by atoms with Crippen LogP contribution in [0.4, 0.5) is 0 Å². The van der Waals surface area contributed by atoms with Crippen LogP contribution in [0.1, 0.15) is 39.5 Å². The van der Waals surface area contributed by atoms with Crippen LogP contribution in [0.3, 0.4) is 0 Å². The van der Waals surface area contributed by atoms with Crippen LogP contribution >= 0.6 is 0 Å². The van der Waals surface area contributed by atoms with Crippen LogP contribution in [0.5, 0.6) is 0 Å². The lowest BCUT2D eigenvalue weighted by atomic mass is 10.0. The van der Waals surface area contributed by atoms with E-state index in [-0.39, 0.29) is 5.41 Å². The molecule has 0 saturated heterocycles. The largest absolute Gasteiger partial charge is 0.389 e. The third-order valence-corrected chi connectivity index (χ3v) is 3.18. The summed E-state index contributed by atoms with van der Waals surface area (Å²) in [5.74, 6) is 0. The fourth-order valence-electron chi connectivity index (χ4n) is 1.48. The van der Waals surface area contributed by atoms with Crippen molar-refractivity contribution in [2.45, 2.75) is 45.1 Å². The van der Waals surface area contributed by atoms with Crippen LogP contribution in [0.2, 0.25) is 0 Å². The van der Waals surface area contributed by atoms with E-state index in [4.69, 9.17) is 5.26 Å². The molecule has 1 aliphatic carbocycles. The molecule has 1 atom stereocenters. The maximum Gasteiger partial charge on any atom is 0.0740 e. The second-order valence-corrected chi connectivity index (χ2v) is 4.79. The molecule has 0 aromatic carbocycles. The molecule has 1 saturated carbocycles. The maximum atomic E-state index is 9.74. The van der Waals surface area contributed by atoms with E-state index in [1.807, 2.05) is 13.8 Å². The van der Waals surface area contributed by atoms with Gasteiger partial charge >= 0.3 is 0 Å². The topological polar surface area (TPSA) is 56.0 Å². The van der Waals surface area contributed by atoms with Gasteiger partial charge in [0.05, 0.1) is 11.7 Å². The van der Waals surface area contributed by atoms with Crippen molar-refractivity contribution in [1.82, 2.24) is 5.32 Å². The Bertz CT molecular complexity index is 226. The van der Waals surface area contributed by atoms with E-state index in [1.165, 1.54) is 0 Å². The van der Waals surface area contributed by atoms with Crippen LogP contribution in [-0.4, -0.2) is 23.8 Å². The number of nitrogens with one attached hydrogen (secondary N) is 1. The molecule has 0 radical (unpaired) electrons. The van der Waals surface area contributed by atoms with Crippen molar-refractivity contribution in [3.63, 3.8) is 0 Å². The number of hydrogen-bond acceptors (Lipinski definition) is 3. The molecule has 0 spiro atoms. The van der Waals surface area contributed by atoms with Crippen molar-refractivity contribution in [3.8, 4) is 6.07 Å². The fourth-order valence-corrected chi connectivity index (χ4v) is 1.48. The van der Waals surface area contributed by atoms with E-state index in [1.54, 1.807) is 0 Å². The molecule has 0 aliphatic heterocycles. The average molecular weight is 196 g/mol. The van der Waals surface area contributed by atoms with Gasteiger partial charge in [-0.05, 0) is 31.6 Å². The summed E-state index contributed by atoms with van der Waals surface area (Å²) in [5.41, 5.74) is -0.374. The van der Waals surface area contributed by atoms with Crippen molar-refractivity contribution in [1.29, 1.82) is 5.26 Å². The Balaban J connectivity index is 2.19. The fraction of sp³-hybridized carbons (Fsp3) is 0.909. The molecule has 3 nitrogen and oxygen atoms in total. The zero-order valence-corrected chi connectivity index (χ0v) is 9.14. The molecule has 0 aromatic rings. The standard InChI is InChI=1S/C11H20N2O/c1-3-10(2,14)8-13-9-11(4-5-11)6-7-12/h13-14H,3-6,8-9H2,1-2H3. The van der Waals surface area contributed by atoms with Gasteiger partial charge in [-0.2, -0.15) is 5.26 Å². The molecule has 1 unspecified atom stereocenters. The summed E-state index contributed by atoms with van der Waals surface area (Å²) >= 11 is 0. The molecule has 0 amide bonds. The van der Waals surface area contributed by atoms with E-state index in [0.29, 0.717) is 13.0 Å². The summed E-state index contributed by atoms with van der Waals surface area (Å²) in [6, 6.07) is 2.23. The molecule has 0 heterocycles. The SMILES string of the molecule is CCC(C)(O)CNCC1(CC#N)CC1. The Morgan fingerprint density at radius 1 is 1.57 bits per heavy atom. The van der Waals surface area contributed by atoms with Crippen LogP contribution < -0.4 is 5.32 Å². The van der Waals surface area contributed by atoms with E-state index < -0.39 is 5.60 Å². The first kappa shape index (κ1) is 11.5. The first-order valence-corrected chi connectivity index (χ1v) is 5.34. The van der Waals surface area contributed by atoms with E-state index in [9.17, 15) is 5.11 Å². The smallest absolute Gasteiger partial charge is 0.0740 e. The van der Waals surface area contributed by atoms with Gasteiger partial charge < -0.3 is 10.4 Å². The molecule has 1 aliphatic rings. The Kier molecular flexibility index (Phi) is 3.52. The molecule has 3 heteroatoms. The van der Waals surface area contributed by atoms with Crippen LogP contribution in [-0.2, 0) is 0 Å². The van der Waals surface area contributed by atoms with Gasteiger partial charge in [0.1, 0.15) is 0 Å². The lowest BCUT2D eigenvalue weighted by Gasteiger charge is -2.23. The van der Waals surface area contributed by atoms with Crippen molar-refractivity contribution < 1.29 is 5.11 Å². The highest BCUT2D eigenvalue weighted by molar-refractivity contribution is 5.00. The molecule has 0 bridgehead atoms. The minimum Gasteiger partial charge on any atom is -0.389 e. The zero-order chi connectivity index (χ0) is 10.7. The van der Waals surface area contributed by atoms with Gasteiger partial charge in [0, 0.05) is 19.5 Å². The molecule has 0 aromatic heterocycles. The molecule has 2 N–H and O–H groups in total. The summed E-state index contributed by atoms with van der Waals surface area (Å²) in [6.07, 6.45) is 3.71. The molecule has 14 heavy (non-hydrogen) atoms. The van der Waals surface area contributed by atoms with Gasteiger partial charge in [0.15, 0.2) is 0 Å². The summed E-state index contributed by atoms with van der Waals surface area (Å²) in [5, 5.41) is 21.6. The lowest BCUT2D eigenvalue weighted by molar-refractivity contribution is 0.0547. The van der Waals surface area contributed by atoms with E-state index in [0.717, 1.165) is 25.8 Å². The lowest BCUT2D eigenvalue weighted by Crippen LogP contribution is -2.39. The highest BCUT2D eigenvalue weighted by Gasteiger charge is 2.42. The predicted molar refractivity (Wildman–Crippen MR) is 55.7 cm³/mol. The summed E-state index contributed by atoms with van der Waals surface area (Å²) in [4.78, 5) is 0. The van der Waals surface area contributed by atoms with Crippen molar-refractivity contribution in [3.05, 3.63) is 0 Å². The quantitative estimate of drug-likeness (QED) is 0.675. The molecular formula is C11H20N2O. The van der Waals surface area contributed by atoms with E-state index >= 15 is 0 Å². The van der Waals surface area contributed by atoms with Crippen molar-refractivity contribution in [2.75, 3.05) is 13.1 Å². The van der Waals surface area contributed by atoms with E-state index in [2.05, 4.69) is 11.4 Å². The van der Waals surface area contributed by atoms with Crippen LogP contribution in [0.15, 0.2) is 0 Å². The molecular weight excluding hydrogens is 176 g/mol. The highest BCUT2D eigenvalue weighted by Crippen LogP contribution is 2.47. The van der Waals surface area contributed by atoms with Crippen molar-refractivity contribution >= 4 is 0 Å². The van der Waals surface area contributed by atoms with Gasteiger partial charge in [-0.1, -0.05) is 6.92 Å². The summed E-state index contributed by atoms with van der Waals surface area (Å²) in [6.45, 7) is 5.31. The van der Waals surface area contributed by atoms with Gasteiger partial charge in [-0.3, -0.25) is 0 Å². The molecule has 80 valence electrons. The van der Waals surface area contributed by atoms with Crippen molar-refractivity contribution in [2.24, 2.45) is 5.41 Å². The van der Waals surface area contributed by atoms with Crippen LogP contribution in [0.25, 0.3) is 0 Å². The number of aliphatic hydroxyl groups is 1. The minimum absolute atomic E-state index is 0.235. The second kappa shape index (κ2) is 4.29. The van der Waals surface area contributed by atoms with Gasteiger partial charge in [0.2, 0.25) is 0 Å². The first-order chi connectivity index (χ1) is 6.54. The first-order valence-electron chi connectivity index (χ1n) is 5.34. The third-order valence-electron chi connectivity index (χ3n) is 3.18. The average Bonchev–Trinajstić information content (AvgIpc) is 2.86. The normalized spacial score (nSPS) is 22.4. The highest BCUT2D eigenvalue weighted by atomic mass is 16.3.